The number of amides is 3. The van der Waals surface area contributed by atoms with Crippen LogP contribution >= 0.6 is 23.2 Å². The van der Waals surface area contributed by atoms with E-state index in [9.17, 15) is 24.3 Å². The highest BCUT2D eigenvalue weighted by molar-refractivity contribution is 6.42. The minimum absolute atomic E-state index is 0.0454. The zero-order valence-electron chi connectivity index (χ0n) is 41.0. The molecule has 0 unspecified atom stereocenters. The second-order valence-corrected chi connectivity index (χ2v) is 21.1. The lowest BCUT2D eigenvalue weighted by molar-refractivity contribution is -0.303. The third-order valence-corrected chi connectivity index (χ3v) is 16.2. The fourth-order valence-corrected chi connectivity index (χ4v) is 11.9. The van der Waals surface area contributed by atoms with Crippen LogP contribution in [-0.4, -0.2) is 149 Å². The number of aliphatic hydroxyl groups excluding tert-OH is 1. The van der Waals surface area contributed by atoms with Gasteiger partial charge < -0.3 is 38.3 Å². The quantitative estimate of drug-likeness (QED) is 0.175. The van der Waals surface area contributed by atoms with Crippen molar-refractivity contribution in [1.29, 1.82) is 0 Å². The maximum Gasteiger partial charge on any atom is 0.419 e. The molecule has 5 aliphatic rings. The van der Waals surface area contributed by atoms with Crippen LogP contribution in [0.25, 0.3) is 0 Å². The number of carbonyl (C=O) groups is 5. The first-order valence-corrected chi connectivity index (χ1v) is 24.9. The van der Waals surface area contributed by atoms with Crippen LogP contribution in [0.3, 0.4) is 0 Å². The van der Waals surface area contributed by atoms with E-state index in [-0.39, 0.29) is 50.0 Å². The number of halogens is 2. The second kappa shape index (κ2) is 21.8. The fraction of sp³-hybridized carbons (Fsp3) is 0.776. The Hall–Kier alpha value is -3.25. The standard InChI is InChI=1S/C49H73Cl2N3O13/c1-12-37-49(9)41(53(45(58)67-49)21-20-32-18-19-34(50)35(51)23-32)29(5)38(55)26(2)24-48(8,61-11)42(66-44-39(56)36(22-28(4)63-44)52(10)33-16-14-13-15-17-33)30(6)40(31(7)43(57)64-37)65-47(60)54-27(3)25-62-46(54)59/h18-19,23,26-31,33,36-37,39-42,44,56H,12-17,20-22,24-25H2,1-11H3/t26-,27+,28-,29+,30+,31-,36+,37-,39-,40+,41-,42-,44+,48+,49-/m1/s1. The summed E-state index contributed by atoms with van der Waals surface area (Å²) >= 11 is 12.6. The van der Waals surface area contributed by atoms with Crippen LogP contribution in [0.1, 0.15) is 119 Å². The zero-order chi connectivity index (χ0) is 49.3. The molecule has 16 nitrogen and oxygen atoms in total. The average Bonchev–Trinajstić information content (AvgIpc) is 3.78. The Labute approximate surface area is 405 Å². The van der Waals surface area contributed by atoms with Crippen molar-refractivity contribution in [2.24, 2.45) is 23.7 Å². The number of hydrogen-bond donors (Lipinski definition) is 1. The van der Waals surface area contributed by atoms with Crippen LogP contribution in [0.5, 0.6) is 0 Å². The lowest BCUT2D eigenvalue weighted by Gasteiger charge is -2.49. The van der Waals surface area contributed by atoms with E-state index in [4.69, 9.17) is 56.4 Å². The molecule has 1 saturated carbocycles. The Morgan fingerprint density at radius 3 is 2.27 bits per heavy atom. The smallest absolute Gasteiger partial charge is 0.419 e. The molecule has 4 heterocycles. The molecule has 3 amide bonds. The van der Waals surface area contributed by atoms with Gasteiger partial charge in [0.1, 0.15) is 30.7 Å². The van der Waals surface area contributed by atoms with Crippen molar-refractivity contribution in [1.82, 2.24) is 14.7 Å². The summed E-state index contributed by atoms with van der Waals surface area (Å²) in [6, 6.07) is 3.61. The summed E-state index contributed by atoms with van der Waals surface area (Å²) in [5.41, 5.74) is -2.10. The summed E-state index contributed by atoms with van der Waals surface area (Å²) in [4.78, 5) is 75.5. The van der Waals surface area contributed by atoms with Crippen LogP contribution in [0.4, 0.5) is 14.4 Å². The molecule has 1 aliphatic carbocycles. The van der Waals surface area contributed by atoms with Crippen molar-refractivity contribution < 1.29 is 62.2 Å². The number of fused-ring (bicyclic) bond motifs is 1. The summed E-state index contributed by atoms with van der Waals surface area (Å²) in [6.45, 7) is 15.8. The van der Waals surface area contributed by atoms with Gasteiger partial charge in [-0.3, -0.25) is 19.4 Å². The number of esters is 1. The first-order valence-electron chi connectivity index (χ1n) is 24.2. The maximum absolute atomic E-state index is 15.1. The number of likely N-dealkylation sites (N-methyl/N-ethyl adjacent to an activating group) is 1. The normalized spacial score (nSPS) is 38.3. The minimum atomic E-state index is -1.52. The molecule has 4 saturated heterocycles. The number of nitrogens with zero attached hydrogens (tertiary/aromatic N) is 3. The minimum Gasteiger partial charge on any atom is -0.458 e. The van der Waals surface area contributed by atoms with Crippen molar-refractivity contribution in [3.05, 3.63) is 33.8 Å². The van der Waals surface area contributed by atoms with Gasteiger partial charge in [0.15, 0.2) is 11.9 Å². The van der Waals surface area contributed by atoms with Crippen molar-refractivity contribution in [2.75, 3.05) is 27.3 Å². The van der Waals surface area contributed by atoms with Gasteiger partial charge in [0.25, 0.3) is 0 Å². The van der Waals surface area contributed by atoms with Crippen LogP contribution in [0.15, 0.2) is 18.2 Å². The van der Waals surface area contributed by atoms with Crippen LogP contribution in [-0.2, 0) is 49.2 Å². The number of benzene rings is 1. The molecule has 18 heteroatoms. The molecule has 0 aromatic heterocycles. The molecule has 376 valence electrons. The van der Waals surface area contributed by atoms with Gasteiger partial charge in [-0.05, 0) is 97.9 Å². The third-order valence-electron chi connectivity index (χ3n) is 15.5. The SMILES string of the molecule is CC[C@H]1OC(=O)[C@H](C)[C@@H](OC(=O)N2C(=O)OC[C@@H]2C)[C@H](C)[C@@H](O[C@@H]2O[C@H](C)C[C@H](N(C)C3CCCCC3)[C@H]2O)[C@@](C)(OC)C[C@@H](C)C(=O)[C@H](C)[C@H]2N(CCc3ccc(Cl)c(Cl)c3)C(=O)O[C@]12C. The molecule has 1 aromatic rings. The van der Waals surface area contributed by atoms with Crippen molar-refractivity contribution in [3.8, 4) is 0 Å². The van der Waals surface area contributed by atoms with Crippen LogP contribution < -0.4 is 0 Å². The first-order chi connectivity index (χ1) is 31.6. The largest absolute Gasteiger partial charge is 0.458 e. The predicted octanol–water partition coefficient (Wildman–Crippen LogP) is 8.22. The Balaban J connectivity index is 1.42. The van der Waals surface area contributed by atoms with Crippen molar-refractivity contribution in [2.45, 2.75) is 192 Å². The summed E-state index contributed by atoms with van der Waals surface area (Å²) in [5.74, 6) is -4.75. The van der Waals surface area contributed by atoms with Gasteiger partial charge in [-0.1, -0.05) is 76.2 Å². The lowest BCUT2D eigenvalue weighted by atomic mass is 9.73. The van der Waals surface area contributed by atoms with Crippen LogP contribution in [0.2, 0.25) is 10.0 Å². The third kappa shape index (κ3) is 11.1. The van der Waals surface area contributed by atoms with E-state index in [0.29, 0.717) is 22.9 Å². The zero-order valence-corrected chi connectivity index (χ0v) is 42.5. The Morgan fingerprint density at radius 2 is 1.66 bits per heavy atom. The Morgan fingerprint density at radius 1 is 0.970 bits per heavy atom. The molecule has 1 aromatic carbocycles. The summed E-state index contributed by atoms with van der Waals surface area (Å²) in [7, 11) is 3.53. The number of ketones is 1. The van der Waals surface area contributed by atoms with E-state index in [0.717, 1.165) is 36.1 Å². The number of hydrogen-bond acceptors (Lipinski definition) is 14. The molecule has 0 spiro atoms. The number of aliphatic hydroxyl groups is 1. The first kappa shape index (κ1) is 53.1. The fourth-order valence-electron chi connectivity index (χ4n) is 11.6. The molecule has 0 bridgehead atoms. The second-order valence-electron chi connectivity index (χ2n) is 20.3. The number of carbonyl (C=O) groups excluding carboxylic acids is 5. The van der Waals surface area contributed by atoms with E-state index >= 15 is 4.79 Å². The number of methoxy groups -OCH3 is 1. The molecule has 67 heavy (non-hydrogen) atoms. The van der Waals surface area contributed by atoms with Gasteiger partial charge in [-0.25, -0.2) is 19.3 Å². The van der Waals surface area contributed by atoms with Crippen molar-refractivity contribution >= 4 is 53.2 Å². The summed E-state index contributed by atoms with van der Waals surface area (Å²) in [5, 5.41) is 13.0. The number of imide groups is 1. The van der Waals surface area contributed by atoms with Gasteiger partial charge in [0, 0.05) is 43.5 Å². The molecule has 15 atom stereocenters. The molecular formula is C49H73Cl2N3O13. The molecule has 5 fully saturated rings. The van der Waals surface area contributed by atoms with E-state index in [1.807, 2.05) is 20.0 Å². The maximum atomic E-state index is 15.1. The van der Waals surface area contributed by atoms with E-state index in [2.05, 4.69) is 4.90 Å². The topological polar surface area (TPSA) is 180 Å². The summed E-state index contributed by atoms with van der Waals surface area (Å²) in [6.07, 6.45) is -2.23. The van der Waals surface area contributed by atoms with E-state index in [1.165, 1.54) is 18.4 Å². The molecule has 0 radical (unpaired) electrons. The number of rotatable bonds is 10. The highest BCUT2D eigenvalue weighted by Crippen LogP contribution is 2.44. The monoisotopic (exact) mass is 981 g/mol. The highest BCUT2D eigenvalue weighted by atomic mass is 35.5. The molecule has 4 aliphatic heterocycles. The predicted molar refractivity (Wildman–Crippen MR) is 249 cm³/mol. The van der Waals surface area contributed by atoms with Crippen LogP contribution in [0, 0.1) is 23.7 Å². The number of ether oxygens (including phenoxy) is 7. The van der Waals surface area contributed by atoms with Gasteiger partial charge in [0.05, 0.1) is 45.9 Å². The summed E-state index contributed by atoms with van der Waals surface area (Å²) < 4.78 is 43.8. The average molecular weight is 983 g/mol. The van der Waals surface area contributed by atoms with E-state index in [1.54, 1.807) is 67.5 Å². The number of cyclic esters (lactones) is 2. The Kier molecular flexibility index (Phi) is 17.3. The van der Waals surface area contributed by atoms with Gasteiger partial charge >= 0.3 is 24.2 Å². The lowest BCUT2D eigenvalue weighted by Crippen LogP contribution is -2.62. The Bertz CT molecular complexity index is 1960. The van der Waals surface area contributed by atoms with Gasteiger partial charge in [-0.15, -0.1) is 0 Å². The molecular weight excluding hydrogens is 909 g/mol. The van der Waals surface area contributed by atoms with Gasteiger partial charge in [-0.2, -0.15) is 0 Å². The molecule has 1 N–H and O–H groups in total. The van der Waals surface area contributed by atoms with Crippen molar-refractivity contribution in [3.63, 3.8) is 0 Å². The highest BCUT2D eigenvalue weighted by Gasteiger charge is 2.61. The van der Waals surface area contributed by atoms with E-state index < -0.39 is 102 Å². The van der Waals surface area contributed by atoms with Gasteiger partial charge in [0.2, 0.25) is 0 Å². The molecule has 6 rings (SSSR count). The number of Topliss-reactive ketones (excluding diaryl/α,β-unsaturated/α-hetero) is 1.